The average Bonchev–Trinajstić information content (AvgIpc) is 2.04. The number of halogens is 1. The van der Waals surface area contributed by atoms with E-state index in [1.807, 2.05) is 14.0 Å². The molecule has 4 heteroatoms. The van der Waals surface area contributed by atoms with Gasteiger partial charge >= 0.3 is 0 Å². The minimum Gasteiger partial charge on any atom is -0.392 e. The Hall–Kier alpha value is 0.610. The molecule has 3 N–H and O–H groups in total. The number of hydrogen-bond donors (Lipinski definition) is 3. The summed E-state index contributed by atoms with van der Waals surface area (Å²) in [6.45, 7) is 2.89. The molecule has 2 unspecified atom stereocenters. The maximum absolute atomic E-state index is 9.29. The minimum absolute atomic E-state index is 0.238. The van der Waals surface area contributed by atoms with Crippen LogP contribution < -0.4 is 8.85 Å². The Kier molecular flexibility index (Phi) is 8.64. The van der Waals surface area contributed by atoms with Crippen LogP contribution in [0.25, 0.3) is 0 Å². The highest BCUT2D eigenvalue weighted by Crippen LogP contribution is 2.05. The standard InChI is InChI=1S/C8H19IN2O/c1-7(12)8(11-9)5-3-4-6-10-2/h7-8,10-12H,3-6H2,1-2H3. The quantitative estimate of drug-likeness (QED) is 0.372. The SMILES string of the molecule is CNCCCCC(NI)C(C)O. The molecular weight excluding hydrogens is 267 g/mol. The van der Waals surface area contributed by atoms with Crippen LogP contribution in [0.4, 0.5) is 0 Å². The summed E-state index contributed by atoms with van der Waals surface area (Å²) in [5.74, 6) is 0. The van der Waals surface area contributed by atoms with Crippen molar-refractivity contribution in [2.75, 3.05) is 13.6 Å². The lowest BCUT2D eigenvalue weighted by molar-refractivity contribution is 0.153. The lowest BCUT2D eigenvalue weighted by Gasteiger charge is -2.17. The van der Waals surface area contributed by atoms with Gasteiger partial charge in [0.1, 0.15) is 0 Å². The summed E-state index contributed by atoms with van der Waals surface area (Å²) in [6, 6.07) is 0.238. The fourth-order valence-electron chi connectivity index (χ4n) is 1.05. The van der Waals surface area contributed by atoms with Gasteiger partial charge in [-0.25, -0.2) is 0 Å². The monoisotopic (exact) mass is 286 g/mol. The van der Waals surface area contributed by atoms with Crippen molar-refractivity contribution in [3.8, 4) is 0 Å². The summed E-state index contributed by atoms with van der Waals surface area (Å²) in [7, 11) is 1.96. The smallest absolute Gasteiger partial charge is 0.0672 e. The second-order valence-electron chi connectivity index (χ2n) is 3.06. The molecule has 0 aromatic heterocycles. The molecule has 3 nitrogen and oxygen atoms in total. The van der Waals surface area contributed by atoms with Gasteiger partial charge in [0.15, 0.2) is 0 Å². The first-order chi connectivity index (χ1) is 5.72. The zero-order valence-corrected chi connectivity index (χ0v) is 9.97. The van der Waals surface area contributed by atoms with Crippen molar-refractivity contribution in [1.82, 2.24) is 8.85 Å². The van der Waals surface area contributed by atoms with Crippen LogP contribution >= 0.6 is 22.9 Å². The molecule has 0 rings (SSSR count). The minimum atomic E-state index is -0.253. The van der Waals surface area contributed by atoms with E-state index in [1.54, 1.807) is 0 Å². The highest BCUT2D eigenvalue weighted by molar-refractivity contribution is 14.1. The Labute approximate surface area is 88.8 Å². The van der Waals surface area contributed by atoms with Crippen molar-refractivity contribution < 1.29 is 5.11 Å². The fraction of sp³-hybridized carbons (Fsp3) is 1.00. The summed E-state index contributed by atoms with van der Waals surface area (Å²) in [5.41, 5.74) is 0. The Morgan fingerprint density at radius 3 is 2.50 bits per heavy atom. The van der Waals surface area contributed by atoms with Gasteiger partial charge in [-0.15, -0.1) is 0 Å². The van der Waals surface area contributed by atoms with Crippen molar-refractivity contribution in [3.63, 3.8) is 0 Å². The van der Waals surface area contributed by atoms with Crippen molar-refractivity contribution in [3.05, 3.63) is 0 Å². The molecule has 0 saturated heterocycles. The van der Waals surface area contributed by atoms with Crippen LogP contribution in [0.15, 0.2) is 0 Å². The van der Waals surface area contributed by atoms with E-state index in [2.05, 4.69) is 31.7 Å². The van der Waals surface area contributed by atoms with Gasteiger partial charge in [0, 0.05) is 28.9 Å². The lowest BCUT2D eigenvalue weighted by atomic mass is 10.1. The van der Waals surface area contributed by atoms with Crippen molar-refractivity contribution >= 4 is 22.9 Å². The molecule has 0 bridgehead atoms. The summed E-state index contributed by atoms with van der Waals surface area (Å²) in [4.78, 5) is 0. The predicted molar refractivity (Wildman–Crippen MR) is 60.4 cm³/mol. The molecule has 0 saturated carbocycles. The maximum atomic E-state index is 9.29. The molecule has 74 valence electrons. The van der Waals surface area contributed by atoms with Crippen LogP contribution in [0.3, 0.4) is 0 Å². The van der Waals surface area contributed by atoms with Gasteiger partial charge in [-0.05, 0) is 33.4 Å². The summed E-state index contributed by atoms with van der Waals surface area (Å²) < 4.78 is 3.08. The normalized spacial score (nSPS) is 16.0. The van der Waals surface area contributed by atoms with Crippen LogP contribution in [-0.2, 0) is 0 Å². The van der Waals surface area contributed by atoms with Gasteiger partial charge in [0.05, 0.1) is 6.10 Å². The first-order valence-corrected chi connectivity index (χ1v) is 5.49. The van der Waals surface area contributed by atoms with Gasteiger partial charge < -0.3 is 10.4 Å². The molecule has 0 aromatic rings. The number of aliphatic hydroxyl groups is 1. The Balaban J connectivity index is 3.32. The fourth-order valence-corrected chi connectivity index (χ4v) is 1.88. The number of rotatable bonds is 7. The van der Waals surface area contributed by atoms with E-state index in [1.165, 1.54) is 6.42 Å². The first kappa shape index (κ1) is 12.6. The van der Waals surface area contributed by atoms with Crippen LogP contribution in [0.2, 0.25) is 0 Å². The van der Waals surface area contributed by atoms with Crippen LogP contribution in [0.5, 0.6) is 0 Å². The van der Waals surface area contributed by atoms with E-state index < -0.39 is 0 Å². The van der Waals surface area contributed by atoms with Crippen molar-refractivity contribution in [2.45, 2.75) is 38.3 Å². The number of unbranched alkanes of at least 4 members (excludes halogenated alkanes) is 1. The third-order valence-electron chi connectivity index (χ3n) is 1.91. The van der Waals surface area contributed by atoms with Crippen molar-refractivity contribution in [2.24, 2.45) is 0 Å². The molecule has 0 spiro atoms. The van der Waals surface area contributed by atoms with E-state index >= 15 is 0 Å². The van der Waals surface area contributed by atoms with Crippen LogP contribution in [-0.4, -0.2) is 30.8 Å². The molecule has 0 heterocycles. The number of hydrogen-bond acceptors (Lipinski definition) is 3. The van der Waals surface area contributed by atoms with Crippen LogP contribution in [0.1, 0.15) is 26.2 Å². The van der Waals surface area contributed by atoms with Gasteiger partial charge in [-0.1, -0.05) is 6.42 Å². The molecule has 0 aliphatic heterocycles. The Morgan fingerprint density at radius 2 is 2.08 bits per heavy atom. The molecule has 0 aliphatic rings. The average molecular weight is 286 g/mol. The largest absolute Gasteiger partial charge is 0.392 e. The van der Waals surface area contributed by atoms with E-state index in [9.17, 15) is 5.11 Å². The molecule has 0 radical (unpaired) electrons. The van der Waals surface area contributed by atoms with Gasteiger partial charge in [0.2, 0.25) is 0 Å². The number of aliphatic hydroxyl groups excluding tert-OH is 1. The molecule has 2 atom stereocenters. The second-order valence-corrected chi connectivity index (χ2v) is 3.68. The van der Waals surface area contributed by atoms with E-state index in [-0.39, 0.29) is 12.1 Å². The summed E-state index contributed by atoms with van der Waals surface area (Å²) in [6.07, 6.45) is 3.13. The topological polar surface area (TPSA) is 44.3 Å². The Morgan fingerprint density at radius 1 is 1.42 bits per heavy atom. The first-order valence-electron chi connectivity index (χ1n) is 4.41. The highest BCUT2D eigenvalue weighted by atomic mass is 127. The summed E-state index contributed by atoms with van der Waals surface area (Å²) in [5, 5.41) is 12.4. The van der Waals surface area contributed by atoms with Crippen molar-refractivity contribution in [1.29, 1.82) is 0 Å². The lowest BCUT2D eigenvalue weighted by Crippen LogP contribution is -2.32. The van der Waals surface area contributed by atoms with E-state index in [0.29, 0.717) is 0 Å². The molecule has 12 heavy (non-hydrogen) atoms. The molecular formula is C8H19IN2O. The highest BCUT2D eigenvalue weighted by Gasteiger charge is 2.11. The maximum Gasteiger partial charge on any atom is 0.0672 e. The molecule has 0 fully saturated rings. The molecule has 0 aromatic carbocycles. The summed E-state index contributed by atoms with van der Waals surface area (Å²) >= 11 is 2.10. The number of nitrogens with one attached hydrogen (secondary N) is 2. The molecule has 0 aliphatic carbocycles. The van der Waals surface area contributed by atoms with E-state index in [0.717, 1.165) is 19.4 Å². The second kappa shape index (κ2) is 8.22. The Bertz CT molecular complexity index is 101. The van der Waals surface area contributed by atoms with E-state index in [4.69, 9.17) is 0 Å². The molecule has 0 amide bonds. The van der Waals surface area contributed by atoms with Gasteiger partial charge in [0.25, 0.3) is 0 Å². The predicted octanol–water partition coefficient (Wildman–Crippen LogP) is 1.07. The third kappa shape index (κ3) is 6.16. The third-order valence-corrected chi connectivity index (χ3v) is 2.71. The zero-order chi connectivity index (χ0) is 9.40. The van der Waals surface area contributed by atoms with Gasteiger partial charge in [-0.2, -0.15) is 0 Å². The van der Waals surface area contributed by atoms with Crippen LogP contribution in [0, 0.1) is 0 Å². The van der Waals surface area contributed by atoms with Gasteiger partial charge in [-0.3, -0.25) is 3.53 Å². The zero-order valence-electron chi connectivity index (χ0n) is 7.81.